The fourth-order valence-electron chi connectivity index (χ4n) is 2.01. The first-order valence-electron chi connectivity index (χ1n) is 5.71. The summed E-state index contributed by atoms with van der Waals surface area (Å²) in [5.74, 6) is -0.107. The van der Waals surface area contributed by atoms with E-state index in [1.807, 2.05) is 43.3 Å². The van der Waals surface area contributed by atoms with E-state index in [9.17, 15) is 4.79 Å². The molecule has 0 aromatic heterocycles. The van der Waals surface area contributed by atoms with E-state index in [1.165, 1.54) is 0 Å². The van der Waals surface area contributed by atoms with Crippen LogP contribution in [0.15, 0.2) is 42.5 Å². The van der Waals surface area contributed by atoms with Crippen LogP contribution in [0.3, 0.4) is 0 Å². The largest absolute Gasteiger partial charge is 0.355 e. The van der Waals surface area contributed by atoms with Gasteiger partial charge in [0.2, 0.25) is 0 Å². The van der Waals surface area contributed by atoms with Gasteiger partial charge in [0.15, 0.2) is 0 Å². The van der Waals surface area contributed by atoms with Gasteiger partial charge >= 0.3 is 0 Å². The fourth-order valence-corrected chi connectivity index (χ4v) is 2.33. The van der Waals surface area contributed by atoms with Gasteiger partial charge in [-0.25, -0.2) is 0 Å². The lowest BCUT2D eigenvalue weighted by Gasteiger charge is -2.12. The van der Waals surface area contributed by atoms with Crippen molar-refractivity contribution in [1.29, 1.82) is 0 Å². The normalized spacial score (nSPS) is 10.2. The Labute approximate surface area is 112 Å². The Morgan fingerprint density at radius 1 is 1.11 bits per heavy atom. The highest BCUT2D eigenvalue weighted by atomic mass is 35.5. The highest BCUT2D eigenvalue weighted by molar-refractivity contribution is 6.33. The Morgan fingerprint density at radius 3 is 2.50 bits per heavy atom. The minimum Gasteiger partial charge on any atom is -0.355 e. The number of nitrogens with one attached hydrogen (secondary N) is 1. The zero-order chi connectivity index (χ0) is 13.1. The first kappa shape index (κ1) is 12.7. The smallest absolute Gasteiger partial charge is 0.251 e. The average molecular weight is 260 g/mol. The van der Waals surface area contributed by atoms with Crippen LogP contribution in [0, 0.1) is 6.92 Å². The molecule has 1 N–H and O–H groups in total. The number of rotatable bonds is 2. The number of halogens is 1. The number of carbonyl (C=O) groups is 1. The number of aryl methyl sites for hydroxylation is 1. The molecule has 0 saturated heterocycles. The Kier molecular flexibility index (Phi) is 3.68. The van der Waals surface area contributed by atoms with Gasteiger partial charge in [0, 0.05) is 23.2 Å². The summed E-state index contributed by atoms with van der Waals surface area (Å²) in [6.45, 7) is 1.99. The van der Waals surface area contributed by atoms with E-state index in [0.717, 1.165) is 16.7 Å². The lowest BCUT2D eigenvalue weighted by molar-refractivity contribution is 0.0964. The van der Waals surface area contributed by atoms with Crippen LogP contribution in [0.1, 0.15) is 15.9 Å². The van der Waals surface area contributed by atoms with Crippen LogP contribution in [-0.4, -0.2) is 13.0 Å². The minimum atomic E-state index is -0.107. The second-order valence-corrected chi connectivity index (χ2v) is 4.46. The highest BCUT2D eigenvalue weighted by Crippen LogP contribution is 2.33. The number of hydrogen-bond acceptors (Lipinski definition) is 1. The molecule has 3 heteroatoms. The SMILES string of the molecule is CNC(=O)c1ccccc1-c1c(C)cccc1Cl. The lowest BCUT2D eigenvalue weighted by Crippen LogP contribution is -2.18. The number of carbonyl (C=O) groups excluding carboxylic acids is 1. The zero-order valence-electron chi connectivity index (χ0n) is 10.3. The maximum absolute atomic E-state index is 11.9. The van der Waals surface area contributed by atoms with Crippen molar-refractivity contribution in [3.05, 3.63) is 58.6 Å². The van der Waals surface area contributed by atoms with Gasteiger partial charge in [0.25, 0.3) is 5.91 Å². The molecule has 0 saturated carbocycles. The molecule has 2 rings (SSSR count). The van der Waals surface area contributed by atoms with Crippen LogP contribution < -0.4 is 5.32 Å². The molecule has 0 bridgehead atoms. The molecule has 0 radical (unpaired) electrons. The highest BCUT2D eigenvalue weighted by Gasteiger charge is 2.14. The molecule has 92 valence electrons. The summed E-state index contributed by atoms with van der Waals surface area (Å²) in [6, 6.07) is 13.2. The summed E-state index contributed by atoms with van der Waals surface area (Å²) in [5, 5.41) is 3.31. The summed E-state index contributed by atoms with van der Waals surface area (Å²) in [5.41, 5.74) is 3.47. The van der Waals surface area contributed by atoms with Crippen molar-refractivity contribution in [2.75, 3.05) is 7.05 Å². The van der Waals surface area contributed by atoms with E-state index >= 15 is 0 Å². The molecular formula is C15H14ClNO. The third-order valence-corrected chi connectivity index (χ3v) is 3.21. The van der Waals surface area contributed by atoms with Crippen LogP contribution in [0.5, 0.6) is 0 Å². The fraction of sp³-hybridized carbons (Fsp3) is 0.133. The molecule has 2 nitrogen and oxygen atoms in total. The van der Waals surface area contributed by atoms with Crippen LogP contribution in [-0.2, 0) is 0 Å². The number of hydrogen-bond donors (Lipinski definition) is 1. The van der Waals surface area contributed by atoms with Gasteiger partial charge in [-0.2, -0.15) is 0 Å². The van der Waals surface area contributed by atoms with E-state index in [-0.39, 0.29) is 5.91 Å². The number of benzene rings is 2. The first-order chi connectivity index (χ1) is 8.65. The maximum Gasteiger partial charge on any atom is 0.251 e. The molecule has 2 aromatic carbocycles. The molecule has 0 spiro atoms. The molecular weight excluding hydrogens is 246 g/mol. The lowest BCUT2D eigenvalue weighted by atomic mass is 9.95. The molecule has 0 aliphatic rings. The minimum absolute atomic E-state index is 0.107. The van der Waals surface area contributed by atoms with Crippen molar-refractivity contribution in [3.63, 3.8) is 0 Å². The molecule has 18 heavy (non-hydrogen) atoms. The zero-order valence-corrected chi connectivity index (χ0v) is 11.1. The predicted molar refractivity (Wildman–Crippen MR) is 75.0 cm³/mol. The van der Waals surface area contributed by atoms with Gasteiger partial charge in [0.1, 0.15) is 0 Å². The van der Waals surface area contributed by atoms with E-state index < -0.39 is 0 Å². The molecule has 0 fully saturated rings. The van der Waals surface area contributed by atoms with Crippen molar-refractivity contribution >= 4 is 17.5 Å². The predicted octanol–water partition coefficient (Wildman–Crippen LogP) is 3.68. The van der Waals surface area contributed by atoms with Crippen molar-refractivity contribution in [3.8, 4) is 11.1 Å². The summed E-state index contributed by atoms with van der Waals surface area (Å²) in [4.78, 5) is 11.9. The van der Waals surface area contributed by atoms with E-state index in [4.69, 9.17) is 11.6 Å². The second-order valence-electron chi connectivity index (χ2n) is 4.06. The number of amides is 1. The maximum atomic E-state index is 11.9. The molecule has 1 amide bonds. The third-order valence-electron chi connectivity index (χ3n) is 2.89. The summed E-state index contributed by atoms with van der Waals surface area (Å²) in [6.07, 6.45) is 0. The van der Waals surface area contributed by atoms with E-state index in [1.54, 1.807) is 13.1 Å². The van der Waals surface area contributed by atoms with Gasteiger partial charge in [0.05, 0.1) is 0 Å². The molecule has 0 unspecified atom stereocenters. The molecule has 0 aliphatic carbocycles. The van der Waals surface area contributed by atoms with Crippen LogP contribution in [0.4, 0.5) is 0 Å². The van der Waals surface area contributed by atoms with Gasteiger partial charge in [-0.1, -0.05) is 41.9 Å². The molecule has 2 aromatic rings. The first-order valence-corrected chi connectivity index (χ1v) is 6.09. The van der Waals surface area contributed by atoms with Gasteiger partial charge in [-0.15, -0.1) is 0 Å². The van der Waals surface area contributed by atoms with E-state index in [0.29, 0.717) is 10.6 Å². The van der Waals surface area contributed by atoms with Crippen molar-refractivity contribution in [2.45, 2.75) is 6.92 Å². The van der Waals surface area contributed by atoms with E-state index in [2.05, 4.69) is 5.32 Å². The Hall–Kier alpha value is -1.80. The Bertz CT molecular complexity index is 573. The van der Waals surface area contributed by atoms with Gasteiger partial charge in [-0.05, 0) is 30.2 Å². The molecule has 0 atom stereocenters. The van der Waals surface area contributed by atoms with Gasteiger partial charge < -0.3 is 5.32 Å². The van der Waals surface area contributed by atoms with Crippen molar-refractivity contribution in [1.82, 2.24) is 5.32 Å². The van der Waals surface area contributed by atoms with Crippen LogP contribution in [0.25, 0.3) is 11.1 Å². The average Bonchev–Trinajstić information content (AvgIpc) is 2.38. The van der Waals surface area contributed by atoms with Crippen molar-refractivity contribution in [2.24, 2.45) is 0 Å². The summed E-state index contributed by atoms with van der Waals surface area (Å²) < 4.78 is 0. The second kappa shape index (κ2) is 5.23. The monoisotopic (exact) mass is 259 g/mol. The van der Waals surface area contributed by atoms with Crippen LogP contribution >= 0.6 is 11.6 Å². The molecule has 0 aliphatic heterocycles. The van der Waals surface area contributed by atoms with Crippen molar-refractivity contribution < 1.29 is 4.79 Å². The molecule has 0 heterocycles. The van der Waals surface area contributed by atoms with Crippen LogP contribution in [0.2, 0.25) is 5.02 Å². The van der Waals surface area contributed by atoms with Gasteiger partial charge in [-0.3, -0.25) is 4.79 Å². The third kappa shape index (κ3) is 2.24. The summed E-state index contributed by atoms with van der Waals surface area (Å²) in [7, 11) is 1.62. The standard InChI is InChI=1S/C15H14ClNO/c1-10-6-5-9-13(16)14(10)11-7-3-4-8-12(11)15(18)17-2/h3-9H,1-2H3,(H,17,18). The summed E-state index contributed by atoms with van der Waals surface area (Å²) >= 11 is 6.25. The quantitative estimate of drug-likeness (QED) is 0.876. The Morgan fingerprint density at radius 2 is 1.83 bits per heavy atom. The topological polar surface area (TPSA) is 29.1 Å². The Balaban J connectivity index is 2.68.